The third-order valence-corrected chi connectivity index (χ3v) is 4.18. The molecule has 0 radical (unpaired) electrons. The predicted molar refractivity (Wildman–Crippen MR) is 94.9 cm³/mol. The maximum atomic E-state index is 12.4. The summed E-state index contributed by atoms with van der Waals surface area (Å²) >= 11 is 0. The summed E-state index contributed by atoms with van der Waals surface area (Å²) in [5.41, 5.74) is 0. The minimum absolute atomic E-state index is 0.0108. The Labute approximate surface area is 148 Å². The summed E-state index contributed by atoms with van der Waals surface area (Å²) in [6.45, 7) is 4.61. The maximum absolute atomic E-state index is 12.4. The normalized spacial score (nSPS) is 18.0. The second kappa shape index (κ2) is 7.98. The number of nitrogens with zero attached hydrogens (tertiary/aromatic N) is 3. The molecule has 1 atom stereocenters. The van der Waals surface area contributed by atoms with Crippen LogP contribution in [0.2, 0.25) is 0 Å². The number of aromatic nitrogens is 1. The van der Waals surface area contributed by atoms with E-state index < -0.39 is 0 Å². The highest BCUT2D eigenvalue weighted by molar-refractivity contribution is 5.78. The van der Waals surface area contributed by atoms with E-state index in [-0.39, 0.29) is 18.6 Å². The van der Waals surface area contributed by atoms with Crippen LogP contribution in [0.1, 0.15) is 6.92 Å². The molecule has 6 heteroatoms. The molecule has 3 rings (SSSR count). The number of rotatable bonds is 5. The Hall–Kier alpha value is -2.60. The van der Waals surface area contributed by atoms with E-state index in [1.165, 1.54) is 0 Å². The van der Waals surface area contributed by atoms with E-state index >= 15 is 0 Å². The van der Waals surface area contributed by atoms with Gasteiger partial charge in [0, 0.05) is 44.0 Å². The third-order valence-electron chi connectivity index (χ3n) is 4.18. The summed E-state index contributed by atoms with van der Waals surface area (Å²) in [4.78, 5) is 20.6. The zero-order valence-corrected chi connectivity index (χ0v) is 14.6. The van der Waals surface area contributed by atoms with E-state index in [1.807, 2.05) is 35.2 Å². The second-order valence-corrected chi connectivity index (χ2v) is 6.23. The molecule has 1 aliphatic rings. The molecule has 132 valence electrons. The van der Waals surface area contributed by atoms with Crippen molar-refractivity contribution in [3.63, 3.8) is 0 Å². The van der Waals surface area contributed by atoms with Crippen molar-refractivity contribution in [1.29, 1.82) is 0 Å². The summed E-state index contributed by atoms with van der Waals surface area (Å²) < 4.78 is 11.3. The minimum atomic E-state index is 0.0108. The fraction of sp³-hybridized carbons (Fsp3) is 0.368. The summed E-state index contributed by atoms with van der Waals surface area (Å²) in [5, 5.41) is 0. The first-order valence-corrected chi connectivity index (χ1v) is 8.41. The average molecular weight is 341 g/mol. The van der Waals surface area contributed by atoms with Gasteiger partial charge in [-0.25, -0.2) is 4.98 Å². The van der Waals surface area contributed by atoms with Crippen LogP contribution in [0.4, 0.5) is 0 Å². The fourth-order valence-electron chi connectivity index (χ4n) is 2.89. The lowest BCUT2D eigenvalue weighted by Gasteiger charge is -2.38. The lowest BCUT2D eigenvalue weighted by Crippen LogP contribution is -2.53. The number of carbonyl (C=O) groups excluding carboxylic acids is 1. The van der Waals surface area contributed by atoms with Crippen molar-refractivity contribution in [2.75, 3.05) is 33.3 Å². The van der Waals surface area contributed by atoms with E-state index in [0.29, 0.717) is 17.4 Å². The largest absolute Gasteiger partial charge is 0.484 e. The molecule has 6 nitrogen and oxygen atoms in total. The third kappa shape index (κ3) is 4.70. The standard InChI is InChI=1S/C19H23N3O3/c1-15-13-21(2)10-11-22(15)19(23)14-24-16-6-5-7-17(12-16)25-18-8-3-4-9-20-18/h3-9,12,15H,10-11,13-14H2,1-2H3/t15-/m0/s1. The van der Waals surface area contributed by atoms with E-state index in [1.54, 1.807) is 18.3 Å². The highest BCUT2D eigenvalue weighted by Gasteiger charge is 2.25. The van der Waals surface area contributed by atoms with Crippen LogP contribution in [0.5, 0.6) is 17.4 Å². The summed E-state index contributed by atoms with van der Waals surface area (Å²) in [6, 6.07) is 12.9. The number of hydrogen-bond donors (Lipinski definition) is 0. The van der Waals surface area contributed by atoms with E-state index in [4.69, 9.17) is 9.47 Å². The number of piperazine rings is 1. The second-order valence-electron chi connectivity index (χ2n) is 6.23. The van der Waals surface area contributed by atoms with Gasteiger partial charge >= 0.3 is 0 Å². The van der Waals surface area contributed by atoms with Gasteiger partial charge in [0.2, 0.25) is 5.88 Å². The average Bonchev–Trinajstić information content (AvgIpc) is 2.61. The molecule has 0 N–H and O–H groups in total. The van der Waals surface area contributed by atoms with Gasteiger partial charge < -0.3 is 19.3 Å². The van der Waals surface area contributed by atoms with Gasteiger partial charge in [0.05, 0.1) is 0 Å². The molecule has 2 heterocycles. The number of benzene rings is 1. The molecule has 0 aliphatic carbocycles. The predicted octanol–water partition coefficient (Wildman–Crippen LogP) is 2.42. The van der Waals surface area contributed by atoms with Gasteiger partial charge in [0.25, 0.3) is 5.91 Å². The van der Waals surface area contributed by atoms with Gasteiger partial charge in [-0.3, -0.25) is 4.79 Å². The summed E-state index contributed by atoms with van der Waals surface area (Å²) in [5.74, 6) is 1.75. The topological polar surface area (TPSA) is 54.9 Å². The number of carbonyl (C=O) groups is 1. The maximum Gasteiger partial charge on any atom is 0.260 e. The van der Waals surface area contributed by atoms with Gasteiger partial charge in [-0.2, -0.15) is 0 Å². The number of amides is 1. The first-order valence-electron chi connectivity index (χ1n) is 8.41. The number of hydrogen-bond acceptors (Lipinski definition) is 5. The lowest BCUT2D eigenvalue weighted by molar-refractivity contribution is -0.137. The smallest absolute Gasteiger partial charge is 0.260 e. The van der Waals surface area contributed by atoms with Gasteiger partial charge in [-0.15, -0.1) is 0 Å². The molecule has 1 aromatic carbocycles. The van der Waals surface area contributed by atoms with E-state index in [2.05, 4.69) is 23.9 Å². The Bertz CT molecular complexity index is 708. The van der Waals surface area contributed by atoms with E-state index in [9.17, 15) is 4.79 Å². The molecular weight excluding hydrogens is 318 g/mol. The molecule has 1 saturated heterocycles. The van der Waals surface area contributed by atoms with Crippen LogP contribution >= 0.6 is 0 Å². The summed E-state index contributed by atoms with van der Waals surface area (Å²) in [6.07, 6.45) is 1.67. The first-order chi connectivity index (χ1) is 12.1. The Morgan fingerprint density at radius 2 is 2.04 bits per heavy atom. The minimum Gasteiger partial charge on any atom is -0.484 e. The molecule has 0 unspecified atom stereocenters. The van der Waals surface area contributed by atoms with Crippen LogP contribution in [0.3, 0.4) is 0 Å². The zero-order valence-electron chi connectivity index (χ0n) is 14.6. The van der Waals surface area contributed by atoms with Crippen molar-refractivity contribution in [2.24, 2.45) is 0 Å². The molecule has 0 bridgehead atoms. The van der Waals surface area contributed by atoms with Gasteiger partial charge in [0.15, 0.2) is 6.61 Å². The van der Waals surface area contributed by atoms with Crippen LogP contribution in [-0.2, 0) is 4.79 Å². The Balaban J connectivity index is 1.56. The van der Waals surface area contributed by atoms with Crippen molar-refractivity contribution < 1.29 is 14.3 Å². The monoisotopic (exact) mass is 341 g/mol. The van der Waals surface area contributed by atoms with Crippen LogP contribution < -0.4 is 9.47 Å². The first kappa shape index (κ1) is 17.2. The molecule has 1 fully saturated rings. The fourth-order valence-corrected chi connectivity index (χ4v) is 2.89. The van der Waals surface area contributed by atoms with Crippen LogP contribution in [0.25, 0.3) is 0 Å². The molecule has 1 aliphatic heterocycles. The van der Waals surface area contributed by atoms with Crippen molar-refractivity contribution in [3.05, 3.63) is 48.7 Å². The molecular formula is C19H23N3O3. The van der Waals surface area contributed by atoms with Crippen molar-refractivity contribution >= 4 is 5.91 Å². The highest BCUT2D eigenvalue weighted by atomic mass is 16.5. The molecule has 25 heavy (non-hydrogen) atoms. The molecule has 0 spiro atoms. The molecule has 0 saturated carbocycles. The van der Waals surface area contributed by atoms with Crippen LogP contribution in [0, 0.1) is 0 Å². The molecule has 2 aromatic rings. The zero-order chi connectivity index (χ0) is 17.6. The lowest BCUT2D eigenvalue weighted by atomic mass is 10.2. The number of pyridine rings is 1. The van der Waals surface area contributed by atoms with Crippen LogP contribution in [-0.4, -0.2) is 60.0 Å². The number of ether oxygens (including phenoxy) is 2. The SMILES string of the molecule is C[C@H]1CN(C)CCN1C(=O)COc1cccc(Oc2ccccn2)c1. The highest BCUT2D eigenvalue weighted by Crippen LogP contribution is 2.23. The quantitative estimate of drug-likeness (QED) is 0.836. The van der Waals surface area contributed by atoms with Crippen molar-refractivity contribution in [1.82, 2.24) is 14.8 Å². The molecule has 1 aromatic heterocycles. The van der Waals surface area contributed by atoms with Gasteiger partial charge in [0.1, 0.15) is 11.5 Å². The Morgan fingerprint density at radius 1 is 1.20 bits per heavy atom. The summed E-state index contributed by atoms with van der Waals surface area (Å²) in [7, 11) is 2.07. The van der Waals surface area contributed by atoms with Gasteiger partial charge in [-0.1, -0.05) is 12.1 Å². The van der Waals surface area contributed by atoms with Crippen LogP contribution in [0.15, 0.2) is 48.7 Å². The van der Waals surface area contributed by atoms with Crippen molar-refractivity contribution in [2.45, 2.75) is 13.0 Å². The van der Waals surface area contributed by atoms with Gasteiger partial charge in [-0.05, 0) is 32.2 Å². The van der Waals surface area contributed by atoms with Crippen molar-refractivity contribution in [3.8, 4) is 17.4 Å². The van der Waals surface area contributed by atoms with E-state index in [0.717, 1.165) is 19.6 Å². The number of likely N-dealkylation sites (N-methyl/N-ethyl adjacent to an activating group) is 1. The Kier molecular flexibility index (Phi) is 5.50. The Morgan fingerprint density at radius 3 is 2.80 bits per heavy atom. The molecule has 1 amide bonds.